The summed E-state index contributed by atoms with van der Waals surface area (Å²) in [6.45, 7) is 2.18. The average Bonchev–Trinajstić information content (AvgIpc) is 3.07. The van der Waals surface area contributed by atoms with E-state index in [2.05, 4.69) is 15.3 Å². The van der Waals surface area contributed by atoms with Crippen LogP contribution in [0, 0.1) is 6.92 Å². The maximum absolute atomic E-state index is 12.3. The zero-order valence-electron chi connectivity index (χ0n) is 15.5. The zero-order chi connectivity index (χ0) is 19.2. The molecular formula is C20H21N3O4. The van der Waals surface area contributed by atoms with Crippen molar-refractivity contribution in [3.63, 3.8) is 0 Å². The molecule has 140 valence electrons. The molecule has 1 N–H and O–H groups in total. The first-order chi connectivity index (χ1) is 13.1. The minimum absolute atomic E-state index is 0.140. The fraction of sp³-hybridized carbons (Fsp3) is 0.250. The molecule has 0 aliphatic carbocycles. The van der Waals surface area contributed by atoms with Crippen LogP contribution in [0.1, 0.15) is 17.0 Å². The van der Waals surface area contributed by atoms with Crippen molar-refractivity contribution in [1.82, 2.24) is 15.3 Å². The van der Waals surface area contributed by atoms with Crippen molar-refractivity contribution in [2.45, 2.75) is 19.9 Å². The van der Waals surface area contributed by atoms with Gasteiger partial charge in [0.05, 0.1) is 31.9 Å². The van der Waals surface area contributed by atoms with Crippen LogP contribution in [-0.2, 0) is 17.8 Å². The van der Waals surface area contributed by atoms with Gasteiger partial charge in [-0.15, -0.1) is 0 Å². The van der Waals surface area contributed by atoms with Crippen molar-refractivity contribution in [3.05, 3.63) is 59.7 Å². The van der Waals surface area contributed by atoms with Gasteiger partial charge in [-0.25, -0.2) is 4.98 Å². The Hall–Kier alpha value is -3.35. The monoisotopic (exact) mass is 367 g/mol. The highest BCUT2D eigenvalue weighted by molar-refractivity contribution is 5.78. The lowest BCUT2D eigenvalue weighted by atomic mass is 10.2. The lowest BCUT2D eigenvalue weighted by molar-refractivity contribution is -0.120. The van der Waals surface area contributed by atoms with Crippen LogP contribution in [0.25, 0.3) is 11.5 Å². The SMILES string of the molecule is COc1ccc(CNC(=O)Cc2nc(-c3cccnc3)oc2C)cc1OC. The third-order valence-corrected chi connectivity index (χ3v) is 4.07. The summed E-state index contributed by atoms with van der Waals surface area (Å²) in [6, 6.07) is 9.19. The van der Waals surface area contributed by atoms with Gasteiger partial charge in [-0.2, -0.15) is 0 Å². The van der Waals surface area contributed by atoms with Crippen LogP contribution >= 0.6 is 0 Å². The molecule has 2 heterocycles. The predicted octanol–water partition coefficient (Wildman–Crippen LogP) is 2.92. The van der Waals surface area contributed by atoms with Crippen LogP contribution in [0.3, 0.4) is 0 Å². The number of carbonyl (C=O) groups excluding carboxylic acids is 1. The van der Waals surface area contributed by atoms with Crippen molar-refractivity contribution in [3.8, 4) is 23.0 Å². The summed E-state index contributed by atoms with van der Waals surface area (Å²) in [7, 11) is 3.16. The Morgan fingerprint density at radius 1 is 1.19 bits per heavy atom. The number of ether oxygens (including phenoxy) is 2. The number of nitrogens with zero attached hydrogens (tertiary/aromatic N) is 2. The highest BCUT2D eigenvalue weighted by atomic mass is 16.5. The number of aryl methyl sites for hydroxylation is 1. The van der Waals surface area contributed by atoms with Gasteiger partial charge in [0.2, 0.25) is 11.8 Å². The van der Waals surface area contributed by atoms with Crippen LogP contribution in [0.4, 0.5) is 0 Å². The fourth-order valence-corrected chi connectivity index (χ4v) is 2.61. The molecule has 0 bridgehead atoms. The van der Waals surface area contributed by atoms with E-state index in [-0.39, 0.29) is 12.3 Å². The molecule has 0 aliphatic heterocycles. The summed E-state index contributed by atoms with van der Waals surface area (Å²) in [5.41, 5.74) is 2.30. The maximum Gasteiger partial charge on any atom is 0.228 e. The van der Waals surface area contributed by atoms with Gasteiger partial charge in [-0.1, -0.05) is 6.07 Å². The second-order valence-corrected chi connectivity index (χ2v) is 5.91. The Kier molecular flexibility index (Phi) is 5.71. The molecule has 0 unspecified atom stereocenters. The molecule has 0 saturated carbocycles. The van der Waals surface area contributed by atoms with E-state index >= 15 is 0 Å². The van der Waals surface area contributed by atoms with Gasteiger partial charge in [0, 0.05) is 18.9 Å². The molecule has 7 heteroatoms. The van der Waals surface area contributed by atoms with Crippen molar-refractivity contribution in [1.29, 1.82) is 0 Å². The van der Waals surface area contributed by atoms with Crippen LogP contribution in [0.5, 0.6) is 11.5 Å². The highest BCUT2D eigenvalue weighted by Gasteiger charge is 2.15. The van der Waals surface area contributed by atoms with Crippen molar-refractivity contribution in [2.75, 3.05) is 14.2 Å². The molecule has 0 saturated heterocycles. The summed E-state index contributed by atoms with van der Waals surface area (Å²) in [5.74, 6) is 2.21. The number of pyridine rings is 1. The van der Waals surface area contributed by atoms with Gasteiger partial charge in [-0.3, -0.25) is 9.78 Å². The number of nitrogens with one attached hydrogen (secondary N) is 1. The fourth-order valence-electron chi connectivity index (χ4n) is 2.61. The first-order valence-electron chi connectivity index (χ1n) is 8.45. The largest absolute Gasteiger partial charge is 0.493 e. The molecule has 0 radical (unpaired) electrons. The molecular weight excluding hydrogens is 346 g/mol. The quantitative estimate of drug-likeness (QED) is 0.691. The summed E-state index contributed by atoms with van der Waals surface area (Å²) >= 11 is 0. The smallest absolute Gasteiger partial charge is 0.228 e. The molecule has 0 atom stereocenters. The van der Waals surface area contributed by atoms with Gasteiger partial charge in [0.1, 0.15) is 5.76 Å². The van der Waals surface area contributed by atoms with E-state index < -0.39 is 0 Å². The van der Waals surface area contributed by atoms with Gasteiger partial charge in [-0.05, 0) is 36.8 Å². The van der Waals surface area contributed by atoms with Crippen molar-refractivity contribution in [2.24, 2.45) is 0 Å². The molecule has 1 amide bonds. The van der Waals surface area contributed by atoms with E-state index in [0.29, 0.717) is 35.4 Å². The van der Waals surface area contributed by atoms with Crippen molar-refractivity contribution >= 4 is 5.91 Å². The van der Waals surface area contributed by atoms with Gasteiger partial charge in [0.15, 0.2) is 11.5 Å². The van der Waals surface area contributed by atoms with Crippen LogP contribution in [0.2, 0.25) is 0 Å². The van der Waals surface area contributed by atoms with E-state index in [9.17, 15) is 4.79 Å². The number of oxazole rings is 1. The predicted molar refractivity (Wildman–Crippen MR) is 99.6 cm³/mol. The first-order valence-corrected chi connectivity index (χ1v) is 8.45. The molecule has 3 rings (SSSR count). The molecule has 0 aliphatic rings. The Balaban J connectivity index is 1.62. The summed E-state index contributed by atoms with van der Waals surface area (Å²) in [6.07, 6.45) is 3.50. The second-order valence-electron chi connectivity index (χ2n) is 5.91. The minimum Gasteiger partial charge on any atom is -0.493 e. The standard InChI is InChI=1S/C20H21N3O4/c1-13-16(23-20(27-13)15-5-4-8-21-12-15)10-19(24)22-11-14-6-7-17(25-2)18(9-14)26-3/h4-9,12H,10-11H2,1-3H3,(H,22,24). The van der Waals surface area contributed by atoms with Crippen LogP contribution in [-0.4, -0.2) is 30.1 Å². The Labute approximate surface area is 157 Å². The molecule has 2 aromatic heterocycles. The minimum atomic E-state index is -0.140. The number of carbonyl (C=O) groups is 1. The van der Waals surface area contributed by atoms with Gasteiger partial charge in [0.25, 0.3) is 0 Å². The van der Waals surface area contributed by atoms with E-state index in [1.165, 1.54) is 0 Å². The first kappa shape index (κ1) is 18.4. The molecule has 7 nitrogen and oxygen atoms in total. The molecule has 3 aromatic rings. The van der Waals surface area contributed by atoms with Crippen LogP contribution in [0.15, 0.2) is 47.1 Å². The van der Waals surface area contributed by atoms with E-state index in [1.807, 2.05) is 30.3 Å². The maximum atomic E-state index is 12.3. The van der Waals surface area contributed by atoms with Gasteiger partial charge >= 0.3 is 0 Å². The second kappa shape index (κ2) is 8.35. The number of rotatable bonds is 7. The van der Waals surface area contributed by atoms with Crippen molar-refractivity contribution < 1.29 is 18.7 Å². The lowest BCUT2D eigenvalue weighted by Gasteiger charge is -2.10. The van der Waals surface area contributed by atoms with E-state index in [0.717, 1.165) is 11.1 Å². The third-order valence-electron chi connectivity index (χ3n) is 4.07. The summed E-state index contributed by atoms with van der Waals surface area (Å²) < 4.78 is 16.1. The van der Waals surface area contributed by atoms with Gasteiger partial charge < -0.3 is 19.2 Å². The number of benzene rings is 1. The number of hydrogen-bond acceptors (Lipinski definition) is 6. The van der Waals surface area contributed by atoms with E-state index in [4.69, 9.17) is 13.9 Å². The van der Waals surface area contributed by atoms with E-state index in [1.54, 1.807) is 33.5 Å². The number of methoxy groups -OCH3 is 2. The average molecular weight is 367 g/mol. The lowest BCUT2D eigenvalue weighted by Crippen LogP contribution is -2.25. The molecule has 27 heavy (non-hydrogen) atoms. The topological polar surface area (TPSA) is 86.5 Å². The Morgan fingerprint density at radius 2 is 2.00 bits per heavy atom. The van der Waals surface area contributed by atoms with Crippen LogP contribution < -0.4 is 14.8 Å². The Bertz CT molecular complexity index is 922. The molecule has 0 spiro atoms. The summed E-state index contributed by atoms with van der Waals surface area (Å²) in [5, 5.41) is 2.88. The summed E-state index contributed by atoms with van der Waals surface area (Å²) in [4.78, 5) is 20.8. The highest BCUT2D eigenvalue weighted by Crippen LogP contribution is 2.27. The Morgan fingerprint density at radius 3 is 2.70 bits per heavy atom. The third kappa shape index (κ3) is 4.44. The number of hydrogen-bond donors (Lipinski definition) is 1. The number of amides is 1. The molecule has 0 fully saturated rings. The normalized spacial score (nSPS) is 10.5. The molecule has 1 aromatic carbocycles. The zero-order valence-corrected chi connectivity index (χ0v) is 15.5. The number of aromatic nitrogens is 2.